The molecule has 16 heavy (non-hydrogen) atoms. The Balaban J connectivity index is 1.60. The number of ether oxygens (including phenoxy) is 1. The zero-order valence-electron chi connectivity index (χ0n) is 9.84. The van der Waals surface area contributed by atoms with Crippen LogP contribution in [0.1, 0.15) is 32.1 Å². The quantitative estimate of drug-likeness (QED) is 0.768. The van der Waals surface area contributed by atoms with Crippen molar-refractivity contribution in [3.8, 4) is 0 Å². The molecular formula is C13H21NO2. The van der Waals surface area contributed by atoms with Crippen molar-refractivity contribution in [2.45, 2.75) is 32.1 Å². The molecule has 0 aromatic carbocycles. The van der Waals surface area contributed by atoms with Crippen LogP contribution in [0.2, 0.25) is 0 Å². The molecule has 1 N–H and O–H groups in total. The molecule has 1 saturated carbocycles. The first-order chi connectivity index (χ1) is 7.82. The first-order valence-electron chi connectivity index (χ1n) is 6.64. The molecule has 2 saturated heterocycles. The van der Waals surface area contributed by atoms with E-state index in [1.165, 1.54) is 12.8 Å². The fourth-order valence-electron chi connectivity index (χ4n) is 3.48. The number of Topliss-reactive ketones (excluding diaryl/α,β-unsaturated/α-hetero) is 1. The zero-order chi connectivity index (χ0) is 11.0. The van der Waals surface area contributed by atoms with Crippen molar-refractivity contribution >= 4 is 5.78 Å². The van der Waals surface area contributed by atoms with Crippen molar-refractivity contribution in [1.29, 1.82) is 0 Å². The standard InChI is InChI=1S/C13H21NO2/c15-12(10-2-1-7-16-9-10)11-8-13(11)3-5-14-6-4-13/h10-11,14H,1-9H2. The largest absolute Gasteiger partial charge is 0.381 e. The highest BCUT2D eigenvalue weighted by Crippen LogP contribution is 2.59. The average molecular weight is 223 g/mol. The van der Waals surface area contributed by atoms with Crippen LogP contribution >= 0.6 is 0 Å². The lowest BCUT2D eigenvalue weighted by Crippen LogP contribution is -2.33. The molecule has 0 radical (unpaired) electrons. The van der Waals surface area contributed by atoms with Crippen LogP contribution in [0.4, 0.5) is 0 Å². The molecule has 1 aliphatic carbocycles. The smallest absolute Gasteiger partial charge is 0.141 e. The van der Waals surface area contributed by atoms with Gasteiger partial charge in [0.05, 0.1) is 6.61 Å². The van der Waals surface area contributed by atoms with E-state index < -0.39 is 0 Å². The summed E-state index contributed by atoms with van der Waals surface area (Å²) in [5, 5.41) is 3.38. The topological polar surface area (TPSA) is 38.3 Å². The first-order valence-corrected chi connectivity index (χ1v) is 6.64. The molecule has 90 valence electrons. The summed E-state index contributed by atoms with van der Waals surface area (Å²) in [7, 11) is 0. The Morgan fingerprint density at radius 1 is 1.31 bits per heavy atom. The van der Waals surface area contributed by atoms with Crippen LogP contribution in [0.3, 0.4) is 0 Å². The predicted octanol–water partition coefficient (Wildman–Crippen LogP) is 1.37. The maximum absolute atomic E-state index is 12.3. The average Bonchev–Trinajstić information content (AvgIpc) is 3.04. The normalized spacial score (nSPS) is 37.2. The van der Waals surface area contributed by atoms with E-state index in [-0.39, 0.29) is 5.92 Å². The minimum absolute atomic E-state index is 0.216. The number of ketones is 1. The minimum Gasteiger partial charge on any atom is -0.381 e. The monoisotopic (exact) mass is 223 g/mol. The highest BCUT2D eigenvalue weighted by atomic mass is 16.5. The Kier molecular flexibility index (Phi) is 2.76. The fraction of sp³-hybridized carbons (Fsp3) is 0.923. The Hall–Kier alpha value is -0.410. The van der Waals surface area contributed by atoms with Gasteiger partial charge in [-0.05, 0) is 50.6 Å². The summed E-state index contributed by atoms with van der Waals surface area (Å²) in [4.78, 5) is 12.3. The lowest BCUT2D eigenvalue weighted by atomic mass is 9.86. The predicted molar refractivity (Wildman–Crippen MR) is 61.2 cm³/mol. The van der Waals surface area contributed by atoms with Crippen LogP contribution in [0, 0.1) is 17.3 Å². The SMILES string of the molecule is O=C(C1CCCOC1)C1CC12CCNCC2. The van der Waals surface area contributed by atoms with Crippen LogP contribution in [0.25, 0.3) is 0 Å². The number of piperidine rings is 1. The number of carbonyl (C=O) groups is 1. The van der Waals surface area contributed by atoms with Crippen LogP contribution in [0.5, 0.6) is 0 Å². The van der Waals surface area contributed by atoms with Gasteiger partial charge >= 0.3 is 0 Å². The van der Waals surface area contributed by atoms with Gasteiger partial charge < -0.3 is 10.1 Å². The van der Waals surface area contributed by atoms with Crippen molar-refractivity contribution in [2.24, 2.45) is 17.3 Å². The van der Waals surface area contributed by atoms with E-state index in [9.17, 15) is 4.79 Å². The van der Waals surface area contributed by atoms with Crippen LogP contribution in [0.15, 0.2) is 0 Å². The summed E-state index contributed by atoms with van der Waals surface area (Å²) in [6.07, 6.45) is 5.69. The summed E-state index contributed by atoms with van der Waals surface area (Å²) in [5.41, 5.74) is 0.403. The maximum atomic E-state index is 12.3. The second-order valence-corrected chi connectivity index (χ2v) is 5.69. The van der Waals surface area contributed by atoms with Crippen molar-refractivity contribution in [1.82, 2.24) is 5.32 Å². The number of rotatable bonds is 2. The second-order valence-electron chi connectivity index (χ2n) is 5.69. The Bertz CT molecular complexity index is 278. The molecule has 1 spiro atoms. The molecule has 3 heteroatoms. The first kappa shape index (κ1) is 10.7. The lowest BCUT2D eigenvalue weighted by molar-refractivity contribution is -0.129. The molecule has 3 fully saturated rings. The molecule has 2 aliphatic heterocycles. The van der Waals surface area contributed by atoms with Gasteiger partial charge in [-0.2, -0.15) is 0 Å². The molecule has 0 aromatic rings. The van der Waals surface area contributed by atoms with E-state index in [1.54, 1.807) is 0 Å². The molecule has 3 aliphatic rings. The molecular weight excluding hydrogens is 202 g/mol. The summed E-state index contributed by atoms with van der Waals surface area (Å²) < 4.78 is 5.42. The number of hydrogen-bond donors (Lipinski definition) is 1. The highest BCUT2D eigenvalue weighted by Gasteiger charge is 2.58. The van der Waals surface area contributed by atoms with E-state index in [4.69, 9.17) is 4.74 Å². The number of carbonyl (C=O) groups excluding carboxylic acids is 1. The Morgan fingerprint density at radius 2 is 2.12 bits per heavy atom. The third-order valence-electron chi connectivity index (χ3n) is 4.70. The van der Waals surface area contributed by atoms with Gasteiger partial charge in [-0.15, -0.1) is 0 Å². The molecule has 3 rings (SSSR count). The Morgan fingerprint density at radius 3 is 2.81 bits per heavy atom. The van der Waals surface area contributed by atoms with Crippen LogP contribution in [-0.4, -0.2) is 32.1 Å². The van der Waals surface area contributed by atoms with Gasteiger partial charge in [0.2, 0.25) is 0 Å². The minimum atomic E-state index is 0.216. The molecule has 0 aromatic heterocycles. The highest BCUT2D eigenvalue weighted by molar-refractivity contribution is 5.87. The molecule has 2 heterocycles. The van der Waals surface area contributed by atoms with E-state index in [0.29, 0.717) is 23.7 Å². The third kappa shape index (κ3) is 1.80. The molecule has 0 amide bonds. The van der Waals surface area contributed by atoms with E-state index in [0.717, 1.165) is 39.0 Å². The van der Waals surface area contributed by atoms with Gasteiger partial charge in [-0.25, -0.2) is 0 Å². The molecule has 2 unspecified atom stereocenters. The number of hydrogen-bond acceptors (Lipinski definition) is 3. The van der Waals surface area contributed by atoms with Crippen molar-refractivity contribution in [2.75, 3.05) is 26.3 Å². The lowest BCUT2D eigenvalue weighted by Gasteiger charge is -2.25. The fourth-order valence-corrected chi connectivity index (χ4v) is 3.48. The van der Waals surface area contributed by atoms with Gasteiger partial charge in [-0.1, -0.05) is 0 Å². The van der Waals surface area contributed by atoms with Gasteiger partial charge in [-0.3, -0.25) is 4.79 Å². The third-order valence-corrected chi connectivity index (χ3v) is 4.70. The second kappa shape index (κ2) is 4.11. The van der Waals surface area contributed by atoms with Crippen molar-refractivity contribution < 1.29 is 9.53 Å². The molecule has 2 atom stereocenters. The van der Waals surface area contributed by atoms with Gasteiger partial charge in [0.1, 0.15) is 5.78 Å². The summed E-state index contributed by atoms with van der Waals surface area (Å²) in [6.45, 7) is 3.74. The molecule has 3 nitrogen and oxygen atoms in total. The Labute approximate surface area is 96.9 Å². The van der Waals surface area contributed by atoms with E-state index >= 15 is 0 Å². The van der Waals surface area contributed by atoms with Crippen LogP contribution < -0.4 is 5.32 Å². The van der Waals surface area contributed by atoms with Crippen molar-refractivity contribution in [3.05, 3.63) is 0 Å². The van der Waals surface area contributed by atoms with E-state index in [1.807, 2.05) is 0 Å². The van der Waals surface area contributed by atoms with Gasteiger partial charge in [0, 0.05) is 18.4 Å². The van der Waals surface area contributed by atoms with E-state index in [2.05, 4.69) is 5.32 Å². The summed E-state index contributed by atoms with van der Waals surface area (Å²) >= 11 is 0. The number of nitrogens with one attached hydrogen (secondary N) is 1. The zero-order valence-corrected chi connectivity index (χ0v) is 9.84. The van der Waals surface area contributed by atoms with Crippen molar-refractivity contribution in [3.63, 3.8) is 0 Å². The van der Waals surface area contributed by atoms with Gasteiger partial charge in [0.25, 0.3) is 0 Å². The summed E-state index contributed by atoms with van der Waals surface area (Å²) in [5.74, 6) is 1.11. The summed E-state index contributed by atoms with van der Waals surface area (Å²) in [6, 6.07) is 0. The van der Waals surface area contributed by atoms with Crippen LogP contribution in [-0.2, 0) is 9.53 Å². The maximum Gasteiger partial charge on any atom is 0.141 e. The molecule has 0 bridgehead atoms. The van der Waals surface area contributed by atoms with Gasteiger partial charge in [0.15, 0.2) is 0 Å².